The fourth-order valence-electron chi connectivity index (χ4n) is 8.94. The summed E-state index contributed by atoms with van der Waals surface area (Å²) in [5.41, 5.74) is 13.0. The van der Waals surface area contributed by atoms with Gasteiger partial charge in [0.25, 0.3) is 0 Å². The van der Waals surface area contributed by atoms with Crippen LogP contribution < -0.4 is 0 Å². The molecular weight excluding hydrogens is 695 g/mol. The first-order valence-corrected chi connectivity index (χ1v) is 19.3. The van der Waals surface area contributed by atoms with E-state index in [1.54, 1.807) is 0 Å². The Labute approximate surface area is 328 Å². The molecule has 0 radical (unpaired) electrons. The molecule has 0 atom stereocenters. The van der Waals surface area contributed by atoms with Crippen molar-refractivity contribution in [3.8, 4) is 39.8 Å². The smallest absolute Gasteiger partial charge is 0.235 e. The average molecular weight is 728 g/mol. The van der Waals surface area contributed by atoms with Gasteiger partial charge in [0.05, 0.1) is 44.5 Å². The van der Waals surface area contributed by atoms with E-state index < -0.39 is 0 Å². The molecular formula is C52H33N5. The molecule has 5 heteroatoms. The summed E-state index contributed by atoms with van der Waals surface area (Å²) in [5, 5.41) is 7.25. The molecule has 0 aliphatic heterocycles. The molecule has 4 heterocycles. The Bertz CT molecular complexity index is 3410. The lowest BCUT2D eigenvalue weighted by Crippen LogP contribution is -2.04. The van der Waals surface area contributed by atoms with E-state index in [9.17, 15) is 0 Å². The van der Waals surface area contributed by atoms with E-state index in [1.165, 1.54) is 38.1 Å². The van der Waals surface area contributed by atoms with Crippen LogP contribution in [0.2, 0.25) is 0 Å². The molecule has 0 aliphatic carbocycles. The summed E-state index contributed by atoms with van der Waals surface area (Å²) in [6.45, 7) is 0. The number of benzene rings is 8. The largest absolute Gasteiger partial charge is 0.309 e. The van der Waals surface area contributed by atoms with E-state index in [-0.39, 0.29) is 0 Å². The third kappa shape index (κ3) is 4.82. The summed E-state index contributed by atoms with van der Waals surface area (Å²) in [7, 11) is 0. The van der Waals surface area contributed by atoms with Crippen LogP contribution in [0.4, 0.5) is 0 Å². The normalized spacial score (nSPS) is 11.9. The fourth-order valence-corrected chi connectivity index (χ4v) is 8.94. The van der Waals surface area contributed by atoms with Gasteiger partial charge in [-0.05, 0) is 66.7 Å². The molecule has 266 valence electrons. The number of para-hydroxylation sites is 4. The second kappa shape index (κ2) is 12.4. The lowest BCUT2D eigenvalue weighted by molar-refractivity contribution is 0.995. The van der Waals surface area contributed by atoms with Crippen LogP contribution in [0.1, 0.15) is 0 Å². The summed E-state index contributed by atoms with van der Waals surface area (Å²) in [6, 6.07) is 71.3. The van der Waals surface area contributed by atoms with Gasteiger partial charge in [-0.3, -0.25) is 4.57 Å². The van der Waals surface area contributed by atoms with E-state index in [0.29, 0.717) is 5.95 Å². The highest BCUT2D eigenvalue weighted by Crippen LogP contribution is 2.39. The molecule has 8 aromatic carbocycles. The zero-order valence-corrected chi connectivity index (χ0v) is 30.8. The average Bonchev–Trinajstić information content (AvgIpc) is 3.92. The Kier molecular flexibility index (Phi) is 6.86. The number of fused-ring (bicyclic) bond motifs is 9. The van der Waals surface area contributed by atoms with E-state index in [1.807, 2.05) is 12.1 Å². The molecule has 0 bridgehead atoms. The molecule has 0 aliphatic rings. The molecule has 0 unspecified atom stereocenters. The van der Waals surface area contributed by atoms with Gasteiger partial charge in [-0.1, -0.05) is 133 Å². The predicted octanol–water partition coefficient (Wildman–Crippen LogP) is 13.1. The third-order valence-corrected chi connectivity index (χ3v) is 11.5. The van der Waals surface area contributed by atoms with Gasteiger partial charge in [0.2, 0.25) is 5.95 Å². The lowest BCUT2D eigenvalue weighted by Gasteiger charge is -2.12. The first kappa shape index (κ1) is 31.6. The Morgan fingerprint density at radius 1 is 0.263 bits per heavy atom. The minimum atomic E-state index is 0.642. The Morgan fingerprint density at radius 3 is 1.04 bits per heavy atom. The van der Waals surface area contributed by atoms with E-state index in [4.69, 9.17) is 9.97 Å². The molecule has 0 N–H and O–H groups in total. The molecule has 0 saturated heterocycles. The quantitative estimate of drug-likeness (QED) is 0.177. The highest BCUT2D eigenvalue weighted by molar-refractivity contribution is 6.13. The van der Waals surface area contributed by atoms with Gasteiger partial charge in [0.15, 0.2) is 0 Å². The molecule has 57 heavy (non-hydrogen) atoms. The maximum absolute atomic E-state index is 5.24. The molecule has 0 amide bonds. The van der Waals surface area contributed by atoms with Gasteiger partial charge in [-0.2, -0.15) is 0 Å². The standard InChI is InChI=1S/C52H33N5/c1-3-15-34(16-4-1)44-33-45(35-17-5-2-6-18-35)54-52(53-44)57-49-26-14-10-22-41(49)43-32-37(28-30-51(43)57)56-48-25-13-9-21-40(48)42-31-36(27-29-50(42)56)55-46-23-11-7-19-38(46)39-20-8-12-24-47(39)55/h1-33H. The van der Waals surface area contributed by atoms with Crippen LogP contribution in [-0.2, 0) is 0 Å². The monoisotopic (exact) mass is 727 g/mol. The van der Waals surface area contributed by atoms with Crippen molar-refractivity contribution in [2.45, 2.75) is 0 Å². The van der Waals surface area contributed by atoms with Crippen molar-refractivity contribution in [1.82, 2.24) is 23.7 Å². The van der Waals surface area contributed by atoms with E-state index in [2.05, 4.69) is 202 Å². The maximum atomic E-state index is 5.24. The zero-order chi connectivity index (χ0) is 37.5. The van der Waals surface area contributed by atoms with Gasteiger partial charge in [0, 0.05) is 54.8 Å². The SMILES string of the molecule is c1ccc(-c2cc(-c3ccccc3)nc(-n3c4ccccc4c4cc(-n5c6ccccc6c6cc(-n7c8ccccc8c8ccccc87)ccc65)ccc43)n2)cc1. The second-order valence-corrected chi connectivity index (χ2v) is 14.6. The maximum Gasteiger partial charge on any atom is 0.235 e. The summed E-state index contributed by atoms with van der Waals surface area (Å²) in [4.78, 5) is 10.5. The van der Waals surface area contributed by atoms with Gasteiger partial charge < -0.3 is 9.13 Å². The molecule has 0 saturated carbocycles. The van der Waals surface area contributed by atoms with Crippen LogP contribution in [0.5, 0.6) is 0 Å². The summed E-state index contributed by atoms with van der Waals surface area (Å²) in [6.07, 6.45) is 0. The Morgan fingerprint density at radius 2 is 0.596 bits per heavy atom. The topological polar surface area (TPSA) is 40.6 Å². The molecule has 5 nitrogen and oxygen atoms in total. The van der Waals surface area contributed by atoms with Crippen LogP contribution >= 0.6 is 0 Å². The first-order chi connectivity index (χ1) is 28.3. The van der Waals surface area contributed by atoms with E-state index in [0.717, 1.165) is 61.2 Å². The number of aromatic nitrogens is 5. The molecule has 4 aromatic heterocycles. The van der Waals surface area contributed by atoms with Gasteiger partial charge in [-0.15, -0.1) is 0 Å². The van der Waals surface area contributed by atoms with Crippen molar-refractivity contribution in [3.63, 3.8) is 0 Å². The van der Waals surface area contributed by atoms with Crippen LogP contribution in [0.15, 0.2) is 200 Å². The summed E-state index contributed by atoms with van der Waals surface area (Å²) >= 11 is 0. The lowest BCUT2D eigenvalue weighted by atomic mass is 10.1. The number of nitrogens with zero attached hydrogens (tertiary/aromatic N) is 5. The molecule has 12 rings (SSSR count). The Balaban J connectivity index is 1.07. The number of rotatable bonds is 5. The van der Waals surface area contributed by atoms with Gasteiger partial charge >= 0.3 is 0 Å². The second-order valence-electron chi connectivity index (χ2n) is 14.6. The van der Waals surface area contributed by atoms with Crippen molar-refractivity contribution in [3.05, 3.63) is 200 Å². The Hall–Kier alpha value is -7.76. The summed E-state index contributed by atoms with van der Waals surface area (Å²) in [5.74, 6) is 0.642. The highest BCUT2D eigenvalue weighted by Gasteiger charge is 2.20. The van der Waals surface area contributed by atoms with Crippen molar-refractivity contribution < 1.29 is 0 Å². The van der Waals surface area contributed by atoms with Crippen molar-refractivity contribution >= 4 is 65.4 Å². The van der Waals surface area contributed by atoms with Gasteiger partial charge in [0.1, 0.15) is 0 Å². The number of hydrogen-bond donors (Lipinski definition) is 0. The minimum absolute atomic E-state index is 0.642. The summed E-state index contributed by atoms with van der Waals surface area (Å²) < 4.78 is 7.03. The van der Waals surface area contributed by atoms with Crippen molar-refractivity contribution in [2.24, 2.45) is 0 Å². The van der Waals surface area contributed by atoms with Gasteiger partial charge in [-0.25, -0.2) is 9.97 Å². The van der Waals surface area contributed by atoms with Crippen molar-refractivity contribution in [2.75, 3.05) is 0 Å². The minimum Gasteiger partial charge on any atom is -0.309 e. The van der Waals surface area contributed by atoms with E-state index >= 15 is 0 Å². The van der Waals surface area contributed by atoms with Crippen LogP contribution in [0, 0.1) is 0 Å². The highest BCUT2D eigenvalue weighted by atomic mass is 15.2. The zero-order valence-electron chi connectivity index (χ0n) is 30.8. The fraction of sp³-hybridized carbons (Fsp3) is 0. The predicted molar refractivity (Wildman–Crippen MR) is 236 cm³/mol. The van der Waals surface area contributed by atoms with Crippen LogP contribution in [-0.4, -0.2) is 23.7 Å². The van der Waals surface area contributed by atoms with Crippen LogP contribution in [0.25, 0.3) is 105 Å². The molecule has 0 spiro atoms. The third-order valence-electron chi connectivity index (χ3n) is 11.5. The molecule has 12 aromatic rings. The number of hydrogen-bond acceptors (Lipinski definition) is 2. The first-order valence-electron chi connectivity index (χ1n) is 19.3. The molecule has 0 fully saturated rings. The van der Waals surface area contributed by atoms with Crippen molar-refractivity contribution in [1.29, 1.82) is 0 Å². The van der Waals surface area contributed by atoms with Crippen LogP contribution in [0.3, 0.4) is 0 Å².